The Balaban J connectivity index is 1.70. The molecule has 0 unspecified atom stereocenters. The molecule has 1 amide bonds. The van der Waals surface area contributed by atoms with Gasteiger partial charge in [0.1, 0.15) is 17.7 Å². The number of hydrogen-bond donors (Lipinski definition) is 1. The Morgan fingerprint density at radius 3 is 3.05 bits per heavy atom. The minimum Gasteiger partial charge on any atom is -0.363 e. The van der Waals surface area contributed by atoms with Gasteiger partial charge in [0, 0.05) is 17.6 Å². The zero-order valence-corrected chi connectivity index (χ0v) is 12.1. The number of nitrogens with zero attached hydrogens (tertiary/aromatic N) is 3. The van der Waals surface area contributed by atoms with E-state index in [2.05, 4.69) is 15.5 Å². The van der Waals surface area contributed by atoms with E-state index in [1.165, 1.54) is 17.6 Å². The third-order valence-corrected chi connectivity index (χ3v) is 4.63. The summed E-state index contributed by atoms with van der Waals surface area (Å²) < 4.78 is 6.48. The molecule has 0 aromatic carbocycles. The van der Waals surface area contributed by atoms with Crippen LogP contribution in [0.2, 0.25) is 0 Å². The van der Waals surface area contributed by atoms with Crippen LogP contribution < -0.4 is 5.32 Å². The lowest BCUT2D eigenvalue weighted by Gasteiger charge is -1.99. The molecule has 104 valence electrons. The smallest absolute Gasteiger partial charge is 0.274 e. The van der Waals surface area contributed by atoms with Gasteiger partial charge in [-0.1, -0.05) is 11.2 Å². The van der Waals surface area contributed by atoms with Crippen molar-refractivity contribution in [1.29, 1.82) is 0 Å². The second kappa shape index (κ2) is 4.83. The van der Waals surface area contributed by atoms with E-state index >= 15 is 0 Å². The van der Waals surface area contributed by atoms with Crippen molar-refractivity contribution in [3.05, 3.63) is 47.1 Å². The maximum atomic E-state index is 12.3. The van der Waals surface area contributed by atoms with Gasteiger partial charge in [0.25, 0.3) is 5.91 Å². The summed E-state index contributed by atoms with van der Waals surface area (Å²) in [7, 11) is 0. The number of carbonyl (C=O) groups is 1. The summed E-state index contributed by atoms with van der Waals surface area (Å²) in [5.41, 5.74) is 1.39. The van der Waals surface area contributed by atoms with Gasteiger partial charge >= 0.3 is 0 Å². The molecule has 4 aromatic rings. The lowest BCUT2D eigenvalue weighted by molar-refractivity contribution is 0.102. The molecule has 0 aliphatic heterocycles. The quantitative estimate of drug-likeness (QED) is 0.629. The summed E-state index contributed by atoms with van der Waals surface area (Å²) in [6, 6.07) is 5.57. The third-order valence-electron chi connectivity index (χ3n) is 2.89. The summed E-state index contributed by atoms with van der Waals surface area (Å²) in [6.07, 6.45) is 3.28. The van der Waals surface area contributed by atoms with Gasteiger partial charge < -0.3 is 9.84 Å². The number of imidazole rings is 1. The molecule has 0 radical (unpaired) electrons. The van der Waals surface area contributed by atoms with Crippen LogP contribution in [0.3, 0.4) is 0 Å². The zero-order valence-electron chi connectivity index (χ0n) is 10.5. The number of aromatic nitrogens is 3. The van der Waals surface area contributed by atoms with Crippen LogP contribution in [-0.2, 0) is 0 Å². The predicted molar refractivity (Wildman–Crippen MR) is 80.8 cm³/mol. The zero-order chi connectivity index (χ0) is 14.2. The normalized spacial score (nSPS) is 11.0. The first-order chi connectivity index (χ1) is 10.3. The molecule has 0 aliphatic carbocycles. The lowest BCUT2D eigenvalue weighted by atomic mass is 10.4. The van der Waals surface area contributed by atoms with E-state index < -0.39 is 0 Å². The van der Waals surface area contributed by atoms with Crippen molar-refractivity contribution in [2.75, 3.05) is 5.32 Å². The maximum absolute atomic E-state index is 12.3. The van der Waals surface area contributed by atoms with E-state index in [9.17, 15) is 4.79 Å². The number of carbonyl (C=O) groups excluding carboxylic acids is 1. The van der Waals surface area contributed by atoms with E-state index in [0.717, 1.165) is 15.5 Å². The van der Waals surface area contributed by atoms with Gasteiger partial charge in [-0.3, -0.25) is 9.20 Å². The average molecular weight is 316 g/mol. The van der Waals surface area contributed by atoms with Gasteiger partial charge in [-0.05, 0) is 11.4 Å². The van der Waals surface area contributed by atoms with Crippen LogP contribution in [0, 0.1) is 0 Å². The molecular weight excluding hydrogens is 308 g/mol. The van der Waals surface area contributed by atoms with Crippen LogP contribution in [-0.4, -0.2) is 20.4 Å². The van der Waals surface area contributed by atoms with Crippen molar-refractivity contribution >= 4 is 39.4 Å². The predicted octanol–water partition coefficient (Wildman–Crippen LogP) is 3.36. The molecule has 6 nitrogen and oxygen atoms in total. The minimum atomic E-state index is -0.245. The fourth-order valence-electron chi connectivity index (χ4n) is 1.95. The van der Waals surface area contributed by atoms with Gasteiger partial charge in [0.15, 0.2) is 10.8 Å². The summed E-state index contributed by atoms with van der Waals surface area (Å²) in [5, 5.41) is 10.1. The minimum absolute atomic E-state index is 0.245. The molecule has 21 heavy (non-hydrogen) atoms. The number of anilines is 1. The van der Waals surface area contributed by atoms with Crippen molar-refractivity contribution in [3.63, 3.8) is 0 Å². The third kappa shape index (κ3) is 2.14. The van der Waals surface area contributed by atoms with Crippen LogP contribution in [0.1, 0.15) is 10.5 Å². The molecule has 0 fully saturated rings. The molecule has 0 bridgehead atoms. The summed E-state index contributed by atoms with van der Waals surface area (Å²) in [6.45, 7) is 0. The molecule has 0 atom stereocenters. The van der Waals surface area contributed by atoms with E-state index in [4.69, 9.17) is 4.52 Å². The Labute approximate surface area is 126 Å². The van der Waals surface area contributed by atoms with Crippen molar-refractivity contribution < 1.29 is 9.32 Å². The number of nitrogens with one attached hydrogen (secondary N) is 1. The highest BCUT2D eigenvalue weighted by molar-refractivity contribution is 7.15. The van der Waals surface area contributed by atoms with Crippen LogP contribution in [0.25, 0.3) is 15.5 Å². The monoisotopic (exact) mass is 316 g/mol. The van der Waals surface area contributed by atoms with Crippen LogP contribution >= 0.6 is 22.7 Å². The van der Waals surface area contributed by atoms with Crippen molar-refractivity contribution in [1.82, 2.24) is 14.5 Å². The molecule has 0 saturated carbocycles. The molecule has 4 rings (SSSR count). The van der Waals surface area contributed by atoms with Gasteiger partial charge in [-0.25, -0.2) is 4.98 Å². The van der Waals surface area contributed by atoms with Gasteiger partial charge in [0.2, 0.25) is 0 Å². The number of hydrogen-bond acceptors (Lipinski definition) is 6. The molecule has 8 heteroatoms. The van der Waals surface area contributed by atoms with Gasteiger partial charge in [0.05, 0.1) is 4.88 Å². The second-order valence-corrected chi connectivity index (χ2v) is 6.00. The second-order valence-electron chi connectivity index (χ2n) is 4.22. The van der Waals surface area contributed by atoms with E-state index in [1.54, 1.807) is 27.2 Å². The highest BCUT2D eigenvalue weighted by Crippen LogP contribution is 2.27. The van der Waals surface area contributed by atoms with Gasteiger partial charge in [-0.15, -0.1) is 22.7 Å². The molecule has 4 heterocycles. The lowest BCUT2D eigenvalue weighted by Crippen LogP contribution is -2.13. The number of amides is 1. The largest absolute Gasteiger partial charge is 0.363 e. The first-order valence-corrected chi connectivity index (χ1v) is 7.79. The number of thiazole rings is 1. The maximum Gasteiger partial charge on any atom is 0.274 e. The van der Waals surface area contributed by atoms with E-state index in [1.807, 2.05) is 23.7 Å². The van der Waals surface area contributed by atoms with Crippen molar-refractivity contribution in [2.45, 2.75) is 0 Å². The van der Waals surface area contributed by atoms with Crippen LogP contribution in [0.4, 0.5) is 5.82 Å². The molecule has 0 saturated heterocycles. The SMILES string of the molecule is O=C(Nc1ccon1)c1csc2nc(-c3cccs3)cn12. The molecule has 0 spiro atoms. The van der Waals surface area contributed by atoms with Gasteiger partial charge in [-0.2, -0.15) is 0 Å². The fourth-order valence-corrected chi connectivity index (χ4v) is 3.48. The highest BCUT2D eigenvalue weighted by Gasteiger charge is 2.16. The summed E-state index contributed by atoms with van der Waals surface area (Å²) in [5.74, 6) is 0.142. The highest BCUT2D eigenvalue weighted by atomic mass is 32.1. The van der Waals surface area contributed by atoms with Crippen LogP contribution in [0.5, 0.6) is 0 Å². The first kappa shape index (κ1) is 12.3. The molecule has 1 N–H and O–H groups in total. The molecular formula is C13H8N4O2S2. The summed E-state index contributed by atoms with van der Waals surface area (Å²) in [4.78, 5) is 18.6. The van der Waals surface area contributed by atoms with E-state index in [-0.39, 0.29) is 5.91 Å². The van der Waals surface area contributed by atoms with Crippen molar-refractivity contribution in [2.24, 2.45) is 0 Å². The Hall–Kier alpha value is -2.45. The topological polar surface area (TPSA) is 72.4 Å². The average Bonchev–Trinajstić information content (AvgIpc) is 3.23. The Morgan fingerprint density at radius 1 is 1.33 bits per heavy atom. The molecule has 0 aliphatic rings. The Bertz CT molecular complexity index is 890. The number of rotatable bonds is 3. The van der Waals surface area contributed by atoms with Crippen molar-refractivity contribution in [3.8, 4) is 10.6 Å². The van der Waals surface area contributed by atoms with E-state index in [0.29, 0.717) is 11.5 Å². The number of fused-ring (bicyclic) bond motifs is 1. The number of thiophene rings is 1. The summed E-state index contributed by atoms with van der Waals surface area (Å²) >= 11 is 3.04. The first-order valence-electron chi connectivity index (χ1n) is 6.03. The van der Waals surface area contributed by atoms with Crippen LogP contribution in [0.15, 0.2) is 45.9 Å². The Morgan fingerprint density at radius 2 is 2.29 bits per heavy atom. The fraction of sp³-hybridized carbons (Fsp3) is 0. The standard InChI is InChI=1S/C13H8N4O2S2/c18-12(15-11-3-4-19-16-11)9-7-21-13-14-8(6-17(9)13)10-2-1-5-20-10/h1-7H,(H,15,16,18). The molecule has 4 aromatic heterocycles. The Kier molecular flexibility index (Phi) is 2.83.